The van der Waals surface area contributed by atoms with Crippen molar-refractivity contribution in [2.45, 2.75) is 19.3 Å². The Bertz CT molecular complexity index is 655. The normalized spacial score (nSPS) is 15.2. The average molecular weight is 330 g/mol. The van der Waals surface area contributed by atoms with Crippen molar-refractivity contribution in [1.29, 1.82) is 0 Å². The molecule has 128 valence electrons. The number of piperidine rings is 1. The van der Waals surface area contributed by atoms with Gasteiger partial charge in [-0.15, -0.1) is 0 Å². The van der Waals surface area contributed by atoms with E-state index in [9.17, 15) is 4.39 Å². The van der Waals surface area contributed by atoms with Gasteiger partial charge >= 0.3 is 0 Å². The predicted octanol–water partition coefficient (Wildman–Crippen LogP) is 2.84. The number of nitrogens with zero attached hydrogens (tertiary/aromatic N) is 3. The lowest BCUT2D eigenvalue weighted by Crippen LogP contribution is -2.33. The van der Waals surface area contributed by atoms with Crippen molar-refractivity contribution in [2.75, 3.05) is 42.5 Å². The van der Waals surface area contributed by atoms with Crippen LogP contribution in [-0.2, 0) is 0 Å². The molecule has 0 aliphatic carbocycles. The quantitative estimate of drug-likeness (QED) is 0.756. The molecule has 24 heavy (non-hydrogen) atoms. The number of nitrogens with one attached hydrogen (secondary N) is 2. The standard InChI is InChI=1S/C17H23FN6/c18-13-4-6-14(7-5-13)23-17-15(19)16(21-12-22-17)20-8-11-24-9-2-1-3-10-24/h4-7,12H,1-3,8-11,19H2,(H2,20,21,22,23). The molecule has 7 heteroatoms. The van der Waals surface area contributed by atoms with E-state index >= 15 is 0 Å². The lowest BCUT2D eigenvalue weighted by molar-refractivity contribution is 0.237. The Morgan fingerprint density at radius 1 is 1.04 bits per heavy atom. The van der Waals surface area contributed by atoms with Crippen molar-refractivity contribution in [3.05, 3.63) is 36.4 Å². The first kappa shape index (κ1) is 16.4. The highest BCUT2D eigenvalue weighted by Crippen LogP contribution is 2.25. The first-order valence-electron chi connectivity index (χ1n) is 8.31. The molecule has 1 aliphatic heterocycles. The van der Waals surface area contributed by atoms with E-state index in [1.165, 1.54) is 37.7 Å². The zero-order chi connectivity index (χ0) is 16.8. The third kappa shape index (κ3) is 4.32. The van der Waals surface area contributed by atoms with Gasteiger partial charge in [-0.2, -0.15) is 0 Å². The molecule has 6 nitrogen and oxygen atoms in total. The molecule has 0 atom stereocenters. The van der Waals surface area contributed by atoms with Crippen LogP contribution >= 0.6 is 0 Å². The van der Waals surface area contributed by atoms with Crippen LogP contribution in [0.25, 0.3) is 0 Å². The minimum absolute atomic E-state index is 0.281. The fraction of sp³-hybridized carbons (Fsp3) is 0.412. The highest BCUT2D eigenvalue weighted by Gasteiger charge is 2.11. The van der Waals surface area contributed by atoms with E-state index in [-0.39, 0.29) is 5.82 Å². The molecular formula is C17H23FN6. The molecule has 0 saturated carbocycles. The number of likely N-dealkylation sites (tertiary alicyclic amines) is 1. The van der Waals surface area contributed by atoms with Gasteiger partial charge in [-0.25, -0.2) is 14.4 Å². The molecule has 1 aromatic carbocycles. The molecule has 0 amide bonds. The molecule has 1 fully saturated rings. The van der Waals surface area contributed by atoms with E-state index in [2.05, 4.69) is 25.5 Å². The van der Waals surface area contributed by atoms with Crippen molar-refractivity contribution in [3.63, 3.8) is 0 Å². The monoisotopic (exact) mass is 330 g/mol. The number of hydrogen-bond acceptors (Lipinski definition) is 6. The second-order valence-corrected chi connectivity index (χ2v) is 5.95. The first-order valence-corrected chi connectivity index (χ1v) is 8.31. The summed E-state index contributed by atoms with van der Waals surface area (Å²) < 4.78 is 13.0. The molecule has 2 aromatic rings. The van der Waals surface area contributed by atoms with Gasteiger partial charge in [0.1, 0.15) is 17.8 Å². The highest BCUT2D eigenvalue weighted by atomic mass is 19.1. The Labute approximate surface area is 141 Å². The summed E-state index contributed by atoms with van der Waals surface area (Å²) in [5.41, 5.74) is 7.32. The molecule has 4 N–H and O–H groups in total. The maximum Gasteiger partial charge on any atom is 0.159 e. The van der Waals surface area contributed by atoms with E-state index < -0.39 is 0 Å². The van der Waals surface area contributed by atoms with Crippen LogP contribution in [-0.4, -0.2) is 41.0 Å². The Balaban J connectivity index is 1.59. The number of nitrogen functional groups attached to an aromatic ring is 1. The van der Waals surface area contributed by atoms with Gasteiger partial charge in [0.15, 0.2) is 11.6 Å². The van der Waals surface area contributed by atoms with Gasteiger partial charge < -0.3 is 21.3 Å². The van der Waals surface area contributed by atoms with E-state index in [0.29, 0.717) is 17.3 Å². The zero-order valence-corrected chi connectivity index (χ0v) is 13.6. The maximum atomic E-state index is 13.0. The Morgan fingerprint density at radius 2 is 1.75 bits per heavy atom. The summed E-state index contributed by atoms with van der Waals surface area (Å²) in [5.74, 6) is 0.847. The molecule has 1 aliphatic rings. The fourth-order valence-electron chi connectivity index (χ4n) is 2.82. The van der Waals surface area contributed by atoms with Crippen LogP contribution in [0.5, 0.6) is 0 Å². The minimum atomic E-state index is -0.281. The number of hydrogen-bond donors (Lipinski definition) is 3. The average Bonchev–Trinajstić information content (AvgIpc) is 2.61. The van der Waals surface area contributed by atoms with Gasteiger partial charge in [0.2, 0.25) is 0 Å². The van der Waals surface area contributed by atoms with E-state index in [1.807, 2.05) is 0 Å². The maximum absolute atomic E-state index is 13.0. The summed E-state index contributed by atoms with van der Waals surface area (Å²) in [5, 5.41) is 6.36. The zero-order valence-electron chi connectivity index (χ0n) is 13.6. The van der Waals surface area contributed by atoms with Crippen molar-refractivity contribution in [2.24, 2.45) is 0 Å². The molecule has 1 aromatic heterocycles. The molecule has 2 heterocycles. The number of benzene rings is 1. The number of aromatic nitrogens is 2. The summed E-state index contributed by atoms with van der Waals surface area (Å²) in [4.78, 5) is 10.8. The van der Waals surface area contributed by atoms with Crippen LogP contribution in [0.4, 0.5) is 27.4 Å². The first-order chi connectivity index (χ1) is 11.7. The predicted molar refractivity (Wildman–Crippen MR) is 94.9 cm³/mol. The Hall–Kier alpha value is -2.41. The summed E-state index contributed by atoms with van der Waals surface area (Å²) in [6.45, 7) is 4.10. The van der Waals surface area contributed by atoms with Crippen LogP contribution in [0.2, 0.25) is 0 Å². The molecule has 0 bridgehead atoms. The van der Waals surface area contributed by atoms with Crippen molar-refractivity contribution >= 4 is 23.0 Å². The van der Waals surface area contributed by atoms with E-state index in [0.717, 1.165) is 31.9 Å². The third-order valence-corrected chi connectivity index (χ3v) is 4.16. The Morgan fingerprint density at radius 3 is 2.50 bits per heavy atom. The summed E-state index contributed by atoms with van der Waals surface area (Å²) in [6.07, 6.45) is 5.36. The van der Waals surface area contributed by atoms with Gasteiger partial charge in [-0.1, -0.05) is 6.42 Å². The lowest BCUT2D eigenvalue weighted by atomic mass is 10.1. The SMILES string of the molecule is Nc1c(NCCN2CCCCC2)ncnc1Nc1ccc(F)cc1. The van der Waals surface area contributed by atoms with Crippen LogP contribution in [0, 0.1) is 5.82 Å². The highest BCUT2D eigenvalue weighted by molar-refractivity contribution is 5.77. The van der Waals surface area contributed by atoms with E-state index in [4.69, 9.17) is 5.73 Å². The van der Waals surface area contributed by atoms with Crippen molar-refractivity contribution in [3.8, 4) is 0 Å². The summed E-state index contributed by atoms with van der Waals surface area (Å²) in [6, 6.07) is 6.05. The van der Waals surface area contributed by atoms with Gasteiger partial charge in [-0.3, -0.25) is 0 Å². The van der Waals surface area contributed by atoms with Crippen LogP contribution in [0.15, 0.2) is 30.6 Å². The number of rotatable bonds is 6. The molecule has 3 rings (SSSR count). The minimum Gasteiger partial charge on any atom is -0.393 e. The van der Waals surface area contributed by atoms with Crippen molar-refractivity contribution < 1.29 is 4.39 Å². The lowest BCUT2D eigenvalue weighted by Gasteiger charge is -2.26. The number of anilines is 4. The van der Waals surface area contributed by atoms with Crippen molar-refractivity contribution in [1.82, 2.24) is 14.9 Å². The van der Waals surface area contributed by atoms with Crippen LogP contribution in [0.1, 0.15) is 19.3 Å². The second-order valence-electron chi connectivity index (χ2n) is 5.95. The third-order valence-electron chi connectivity index (χ3n) is 4.16. The van der Waals surface area contributed by atoms with Gasteiger partial charge in [0.25, 0.3) is 0 Å². The van der Waals surface area contributed by atoms with Gasteiger partial charge in [-0.05, 0) is 50.2 Å². The topological polar surface area (TPSA) is 79.1 Å². The van der Waals surface area contributed by atoms with Crippen LogP contribution < -0.4 is 16.4 Å². The Kier molecular flexibility index (Phi) is 5.43. The number of halogens is 1. The van der Waals surface area contributed by atoms with E-state index in [1.54, 1.807) is 12.1 Å². The molecule has 0 spiro atoms. The van der Waals surface area contributed by atoms with Gasteiger partial charge in [0.05, 0.1) is 0 Å². The number of nitrogens with two attached hydrogens (primary N) is 1. The largest absolute Gasteiger partial charge is 0.393 e. The smallest absolute Gasteiger partial charge is 0.159 e. The van der Waals surface area contributed by atoms with Crippen LogP contribution in [0.3, 0.4) is 0 Å². The van der Waals surface area contributed by atoms with Gasteiger partial charge in [0, 0.05) is 18.8 Å². The fourth-order valence-corrected chi connectivity index (χ4v) is 2.82. The summed E-state index contributed by atoms with van der Waals surface area (Å²) in [7, 11) is 0. The second kappa shape index (κ2) is 7.92. The molecule has 0 radical (unpaired) electrons. The molecule has 1 saturated heterocycles. The molecule has 0 unspecified atom stereocenters. The molecular weight excluding hydrogens is 307 g/mol. The summed E-state index contributed by atoms with van der Waals surface area (Å²) >= 11 is 0.